The molecule has 0 fully saturated rings. The highest BCUT2D eigenvalue weighted by atomic mass is 32.2. The molecule has 0 aliphatic heterocycles. The second-order valence-electron chi connectivity index (χ2n) is 5.03. The molecule has 0 saturated carbocycles. The van der Waals surface area contributed by atoms with E-state index >= 15 is 0 Å². The normalized spacial score (nSPS) is 10.5. The van der Waals surface area contributed by atoms with Gasteiger partial charge in [-0.2, -0.15) is 0 Å². The Morgan fingerprint density at radius 2 is 2.05 bits per heavy atom. The Morgan fingerprint density at radius 3 is 2.62 bits per heavy atom. The van der Waals surface area contributed by atoms with Crippen molar-refractivity contribution >= 4 is 23.5 Å². The topological polar surface area (TPSA) is 55.4 Å². The third-order valence-corrected chi connectivity index (χ3v) is 3.69. The van der Waals surface area contributed by atoms with Gasteiger partial charge in [0.1, 0.15) is 5.75 Å². The Kier molecular flexibility index (Phi) is 7.29. The maximum absolute atomic E-state index is 11.6. The summed E-state index contributed by atoms with van der Waals surface area (Å²) in [5, 5.41) is 2.85. The van der Waals surface area contributed by atoms with Gasteiger partial charge in [0.05, 0.1) is 12.4 Å². The van der Waals surface area contributed by atoms with Crippen LogP contribution in [0.3, 0.4) is 0 Å². The molecule has 21 heavy (non-hydrogen) atoms. The van der Waals surface area contributed by atoms with Gasteiger partial charge in [-0.1, -0.05) is 0 Å². The number of carbonyl (C=O) groups is 2. The van der Waals surface area contributed by atoms with Crippen LogP contribution in [0.15, 0.2) is 18.2 Å². The van der Waals surface area contributed by atoms with Crippen molar-refractivity contribution in [2.75, 3.05) is 12.4 Å². The molecule has 0 atom stereocenters. The average molecular weight is 309 g/mol. The van der Waals surface area contributed by atoms with Crippen LogP contribution in [0.5, 0.6) is 5.75 Å². The lowest BCUT2D eigenvalue weighted by Crippen LogP contribution is -2.31. The van der Waals surface area contributed by atoms with Crippen LogP contribution in [0.25, 0.3) is 0 Å². The molecule has 1 N–H and O–H groups in total. The van der Waals surface area contributed by atoms with Crippen molar-refractivity contribution in [3.63, 3.8) is 0 Å². The van der Waals surface area contributed by atoms with E-state index in [0.717, 1.165) is 11.3 Å². The van der Waals surface area contributed by atoms with Crippen molar-refractivity contribution in [2.24, 2.45) is 0 Å². The Hall–Kier alpha value is -1.49. The monoisotopic (exact) mass is 309 g/mol. The number of carbonyl (C=O) groups excluding carboxylic acids is 2. The van der Waals surface area contributed by atoms with Crippen LogP contribution in [-0.4, -0.2) is 30.1 Å². The van der Waals surface area contributed by atoms with Gasteiger partial charge in [0, 0.05) is 22.9 Å². The third kappa shape index (κ3) is 6.21. The molecule has 1 amide bonds. The van der Waals surface area contributed by atoms with Crippen LogP contribution in [0.1, 0.15) is 43.6 Å². The van der Waals surface area contributed by atoms with Crippen LogP contribution < -0.4 is 10.1 Å². The summed E-state index contributed by atoms with van der Waals surface area (Å²) in [6.45, 7) is 7.91. The van der Waals surface area contributed by atoms with Crippen LogP contribution in [-0.2, 0) is 10.5 Å². The molecule has 0 aliphatic carbocycles. The summed E-state index contributed by atoms with van der Waals surface area (Å²) < 4.78 is 5.57. The SMILES string of the molecule is CCOc1ccc(C(C)=O)cc1CSCC(=O)NC(C)C. The van der Waals surface area contributed by atoms with E-state index in [1.54, 1.807) is 13.0 Å². The molecule has 1 aromatic carbocycles. The molecule has 0 unspecified atom stereocenters. The maximum Gasteiger partial charge on any atom is 0.230 e. The first-order chi connectivity index (χ1) is 9.93. The molecule has 0 radical (unpaired) electrons. The quantitative estimate of drug-likeness (QED) is 0.750. The fraction of sp³-hybridized carbons (Fsp3) is 0.500. The fourth-order valence-electron chi connectivity index (χ4n) is 1.82. The van der Waals surface area contributed by atoms with E-state index < -0.39 is 0 Å². The van der Waals surface area contributed by atoms with E-state index in [1.807, 2.05) is 32.9 Å². The van der Waals surface area contributed by atoms with E-state index in [4.69, 9.17) is 4.74 Å². The van der Waals surface area contributed by atoms with Crippen molar-refractivity contribution in [1.29, 1.82) is 0 Å². The first-order valence-corrected chi connectivity index (χ1v) is 8.23. The van der Waals surface area contributed by atoms with E-state index in [-0.39, 0.29) is 17.7 Å². The minimum Gasteiger partial charge on any atom is -0.494 e. The molecule has 0 bridgehead atoms. The molecule has 1 aromatic rings. The number of hydrogen-bond acceptors (Lipinski definition) is 4. The number of amides is 1. The molecular weight excluding hydrogens is 286 g/mol. The number of ether oxygens (including phenoxy) is 1. The minimum atomic E-state index is 0.0238. The number of hydrogen-bond donors (Lipinski definition) is 1. The molecule has 0 spiro atoms. The summed E-state index contributed by atoms with van der Waals surface area (Å²) in [4.78, 5) is 23.1. The zero-order chi connectivity index (χ0) is 15.8. The lowest BCUT2D eigenvalue weighted by Gasteiger charge is -2.12. The summed E-state index contributed by atoms with van der Waals surface area (Å²) >= 11 is 1.51. The van der Waals surface area contributed by atoms with Crippen molar-refractivity contribution in [1.82, 2.24) is 5.32 Å². The second kappa shape index (κ2) is 8.72. The average Bonchev–Trinajstić information content (AvgIpc) is 2.39. The van der Waals surface area contributed by atoms with Crippen LogP contribution in [0.2, 0.25) is 0 Å². The van der Waals surface area contributed by atoms with Crippen molar-refractivity contribution in [3.8, 4) is 5.75 Å². The Balaban J connectivity index is 2.68. The predicted molar refractivity (Wildman–Crippen MR) is 87.1 cm³/mol. The third-order valence-electron chi connectivity index (χ3n) is 2.71. The molecule has 0 aromatic heterocycles. The first-order valence-electron chi connectivity index (χ1n) is 7.07. The van der Waals surface area contributed by atoms with Crippen molar-refractivity contribution in [2.45, 2.75) is 39.5 Å². The van der Waals surface area contributed by atoms with Crippen LogP contribution in [0, 0.1) is 0 Å². The number of nitrogens with one attached hydrogen (secondary N) is 1. The Bertz CT molecular complexity index is 500. The zero-order valence-electron chi connectivity index (χ0n) is 13.1. The zero-order valence-corrected chi connectivity index (χ0v) is 13.9. The Labute approximate surface area is 130 Å². The summed E-state index contributed by atoms with van der Waals surface area (Å²) in [5.41, 5.74) is 1.62. The summed E-state index contributed by atoms with van der Waals surface area (Å²) in [6, 6.07) is 5.59. The summed E-state index contributed by atoms with van der Waals surface area (Å²) in [6.07, 6.45) is 0. The second-order valence-corrected chi connectivity index (χ2v) is 6.01. The standard InChI is InChI=1S/C16H23NO3S/c1-5-20-15-7-6-13(12(4)18)8-14(15)9-21-10-16(19)17-11(2)3/h6-8,11H,5,9-10H2,1-4H3,(H,17,19). The number of Topliss-reactive ketones (excluding diaryl/α,β-unsaturated/α-hetero) is 1. The van der Waals surface area contributed by atoms with E-state index in [0.29, 0.717) is 23.7 Å². The van der Waals surface area contributed by atoms with Gasteiger partial charge in [0.15, 0.2) is 5.78 Å². The van der Waals surface area contributed by atoms with Crippen LogP contribution >= 0.6 is 11.8 Å². The van der Waals surface area contributed by atoms with E-state index in [2.05, 4.69) is 5.32 Å². The first kappa shape index (κ1) is 17.6. The molecule has 0 aliphatic rings. The van der Waals surface area contributed by atoms with Gasteiger partial charge in [-0.15, -0.1) is 11.8 Å². The summed E-state index contributed by atoms with van der Waals surface area (Å²) in [5.74, 6) is 1.87. The number of ketones is 1. The van der Waals surface area contributed by atoms with Gasteiger partial charge in [-0.3, -0.25) is 9.59 Å². The Morgan fingerprint density at radius 1 is 1.33 bits per heavy atom. The van der Waals surface area contributed by atoms with Gasteiger partial charge in [0.25, 0.3) is 0 Å². The largest absolute Gasteiger partial charge is 0.494 e. The van der Waals surface area contributed by atoms with Crippen molar-refractivity contribution in [3.05, 3.63) is 29.3 Å². The highest BCUT2D eigenvalue weighted by Gasteiger charge is 2.09. The van der Waals surface area contributed by atoms with Gasteiger partial charge in [-0.05, 0) is 45.9 Å². The summed E-state index contributed by atoms with van der Waals surface area (Å²) in [7, 11) is 0. The minimum absolute atomic E-state index is 0.0238. The lowest BCUT2D eigenvalue weighted by molar-refractivity contribution is -0.119. The highest BCUT2D eigenvalue weighted by Crippen LogP contribution is 2.25. The van der Waals surface area contributed by atoms with Gasteiger partial charge >= 0.3 is 0 Å². The fourth-order valence-corrected chi connectivity index (χ4v) is 2.64. The molecule has 116 valence electrons. The molecule has 0 saturated heterocycles. The van der Waals surface area contributed by atoms with Crippen molar-refractivity contribution < 1.29 is 14.3 Å². The smallest absolute Gasteiger partial charge is 0.230 e. The molecule has 1 rings (SSSR count). The molecule has 0 heterocycles. The van der Waals surface area contributed by atoms with Gasteiger partial charge in [0.2, 0.25) is 5.91 Å². The van der Waals surface area contributed by atoms with E-state index in [9.17, 15) is 9.59 Å². The number of rotatable bonds is 8. The van der Waals surface area contributed by atoms with Gasteiger partial charge < -0.3 is 10.1 Å². The van der Waals surface area contributed by atoms with E-state index in [1.165, 1.54) is 11.8 Å². The number of thioether (sulfide) groups is 1. The number of benzene rings is 1. The molecular formula is C16H23NO3S. The van der Waals surface area contributed by atoms with Gasteiger partial charge in [-0.25, -0.2) is 0 Å². The van der Waals surface area contributed by atoms with Crippen LogP contribution in [0.4, 0.5) is 0 Å². The lowest BCUT2D eigenvalue weighted by atomic mass is 10.1. The maximum atomic E-state index is 11.6. The molecule has 4 nitrogen and oxygen atoms in total. The molecule has 5 heteroatoms. The highest BCUT2D eigenvalue weighted by molar-refractivity contribution is 7.99. The predicted octanol–water partition coefficient (Wildman–Crippen LogP) is 3.05.